The molecule has 1 aromatic rings. The first-order valence-corrected chi connectivity index (χ1v) is 10.7. The molecular formula is C23H33N3O6. The van der Waals surface area contributed by atoms with E-state index < -0.39 is 17.5 Å². The summed E-state index contributed by atoms with van der Waals surface area (Å²) >= 11 is 0. The lowest BCUT2D eigenvalue weighted by atomic mass is 9.64. The van der Waals surface area contributed by atoms with Gasteiger partial charge in [0.2, 0.25) is 11.7 Å². The van der Waals surface area contributed by atoms with Crippen molar-refractivity contribution in [3.63, 3.8) is 0 Å². The molecule has 2 N–H and O–H groups in total. The van der Waals surface area contributed by atoms with Gasteiger partial charge in [-0.1, -0.05) is 20.8 Å². The molecule has 1 aromatic carbocycles. The Hall–Kier alpha value is -2.97. The third-order valence-electron chi connectivity index (χ3n) is 6.14. The first kappa shape index (κ1) is 23.7. The molecule has 1 saturated heterocycles. The minimum atomic E-state index is -0.921. The Morgan fingerprint density at radius 1 is 1.12 bits per heavy atom. The van der Waals surface area contributed by atoms with Gasteiger partial charge in [0.25, 0.3) is 5.91 Å². The maximum absolute atomic E-state index is 13.2. The zero-order valence-corrected chi connectivity index (χ0v) is 19.7. The van der Waals surface area contributed by atoms with Crippen LogP contribution in [0.3, 0.4) is 0 Å². The van der Waals surface area contributed by atoms with Gasteiger partial charge in [0, 0.05) is 6.54 Å². The van der Waals surface area contributed by atoms with Crippen molar-refractivity contribution in [2.24, 2.45) is 11.3 Å². The predicted molar refractivity (Wildman–Crippen MR) is 118 cm³/mol. The van der Waals surface area contributed by atoms with Gasteiger partial charge in [0.1, 0.15) is 12.1 Å². The van der Waals surface area contributed by atoms with Gasteiger partial charge in [-0.2, -0.15) is 0 Å². The third-order valence-corrected chi connectivity index (χ3v) is 6.14. The minimum absolute atomic E-state index is 0.0641. The first-order valence-electron chi connectivity index (χ1n) is 10.7. The van der Waals surface area contributed by atoms with E-state index in [0.717, 1.165) is 16.9 Å². The van der Waals surface area contributed by atoms with Crippen LogP contribution < -0.4 is 24.8 Å². The smallest absolute Gasteiger partial charge is 0.325 e. The van der Waals surface area contributed by atoms with Crippen LogP contribution >= 0.6 is 0 Å². The molecule has 1 aliphatic heterocycles. The quantitative estimate of drug-likeness (QED) is 0.622. The van der Waals surface area contributed by atoms with Crippen molar-refractivity contribution in [1.29, 1.82) is 0 Å². The maximum atomic E-state index is 13.2. The van der Waals surface area contributed by atoms with Gasteiger partial charge in [-0.25, -0.2) is 4.79 Å². The molecule has 0 aromatic heterocycles. The number of hydrogen-bond acceptors (Lipinski definition) is 6. The largest absolute Gasteiger partial charge is 0.493 e. The molecule has 0 unspecified atom stereocenters. The SMILES string of the molecule is COc1cc(CNC(=O)CN2C(=O)N[C@]3(C[C@@H](C)CC(C)(C)C3)C2=O)cc(OC)c1OC. The second kappa shape index (κ2) is 8.88. The Morgan fingerprint density at radius 3 is 2.28 bits per heavy atom. The summed E-state index contributed by atoms with van der Waals surface area (Å²) in [6.45, 7) is 6.15. The summed E-state index contributed by atoms with van der Waals surface area (Å²) in [6, 6.07) is 2.95. The van der Waals surface area contributed by atoms with Crippen LogP contribution in [0.1, 0.15) is 45.6 Å². The zero-order valence-electron chi connectivity index (χ0n) is 19.7. The topological polar surface area (TPSA) is 106 Å². The van der Waals surface area contributed by atoms with Gasteiger partial charge in [-0.3, -0.25) is 14.5 Å². The highest BCUT2D eigenvalue weighted by Gasteiger charge is 2.56. The third kappa shape index (κ3) is 4.61. The van der Waals surface area contributed by atoms with Crippen molar-refractivity contribution < 1.29 is 28.6 Å². The van der Waals surface area contributed by atoms with E-state index in [1.807, 2.05) is 0 Å². The number of methoxy groups -OCH3 is 3. The lowest BCUT2D eigenvalue weighted by molar-refractivity contribution is -0.137. The highest BCUT2D eigenvalue weighted by molar-refractivity contribution is 6.09. The maximum Gasteiger partial charge on any atom is 0.325 e. The number of carbonyl (C=O) groups is 3. The van der Waals surface area contributed by atoms with Gasteiger partial charge >= 0.3 is 6.03 Å². The second-order valence-corrected chi connectivity index (χ2v) is 9.57. The Balaban J connectivity index is 1.67. The van der Waals surface area contributed by atoms with Crippen molar-refractivity contribution in [3.8, 4) is 17.2 Å². The predicted octanol–water partition coefficient (Wildman–Crippen LogP) is 2.47. The summed E-state index contributed by atoms with van der Waals surface area (Å²) in [5.74, 6) is 0.964. The summed E-state index contributed by atoms with van der Waals surface area (Å²) in [4.78, 5) is 39.4. The summed E-state index contributed by atoms with van der Waals surface area (Å²) in [5.41, 5.74) is -0.259. The van der Waals surface area contributed by atoms with Crippen LogP contribution in [0.2, 0.25) is 0 Å². The molecule has 2 aliphatic rings. The van der Waals surface area contributed by atoms with E-state index in [-0.39, 0.29) is 24.4 Å². The fourth-order valence-corrected chi connectivity index (χ4v) is 5.29. The average Bonchev–Trinajstić information content (AvgIpc) is 2.92. The van der Waals surface area contributed by atoms with Crippen LogP contribution in [0.25, 0.3) is 0 Å². The van der Waals surface area contributed by atoms with E-state index in [0.29, 0.717) is 36.0 Å². The summed E-state index contributed by atoms with van der Waals surface area (Å²) in [7, 11) is 4.54. The van der Waals surface area contributed by atoms with E-state index in [1.165, 1.54) is 21.3 Å². The lowest BCUT2D eigenvalue weighted by Gasteiger charge is -2.43. The molecule has 2 fully saturated rings. The molecule has 1 spiro atoms. The number of urea groups is 1. The van der Waals surface area contributed by atoms with Crippen LogP contribution in [0.15, 0.2) is 12.1 Å². The van der Waals surface area contributed by atoms with Gasteiger partial charge in [-0.05, 0) is 48.3 Å². The van der Waals surface area contributed by atoms with Crippen LogP contribution in [0.4, 0.5) is 4.79 Å². The van der Waals surface area contributed by atoms with Crippen LogP contribution in [0, 0.1) is 11.3 Å². The molecule has 3 rings (SSSR count). The number of nitrogens with one attached hydrogen (secondary N) is 2. The standard InChI is InChI=1S/C23H33N3O6/c1-14-9-22(2,3)13-23(10-14)20(28)26(21(29)25-23)12-18(27)24-11-15-7-16(30-4)19(32-6)17(8-15)31-5/h7-8,14H,9-13H2,1-6H3,(H,24,27)(H,25,29)/t14-,23-/m0/s1. The van der Waals surface area contributed by atoms with Crippen molar-refractivity contribution in [1.82, 2.24) is 15.5 Å². The number of ether oxygens (including phenoxy) is 3. The number of nitrogens with zero attached hydrogens (tertiary/aromatic N) is 1. The lowest BCUT2D eigenvalue weighted by Crippen LogP contribution is -2.54. The molecule has 1 saturated carbocycles. The van der Waals surface area contributed by atoms with E-state index in [9.17, 15) is 14.4 Å². The van der Waals surface area contributed by atoms with Crippen molar-refractivity contribution in [3.05, 3.63) is 17.7 Å². The fourth-order valence-electron chi connectivity index (χ4n) is 5.29. The molecule has 0 radical (unpaired) electrons. The molecule has 4 amide bonds. The number of carbonyl (C=O) groups excluding carboxylic acids is 3. The molecule has 32 heavy (non-hydrogen) atoms. The molecule has 1 aliphatic carbocycles. The van der Waals surface area contributed by atoms with Crippen LogP contribution in [0.5, 0.6) is 17.2 Å². The number of amides is 4. The summed E-state index contributed by atoms with van der Waals surface area (Å²) in [6.07, 6.45) is 2.15. The Kier molecular flexibility index (Phi) is 6.57. The minimum Gasteiger partial charge on any atom is -0.493 e. The first-order chi connectivity index (χ1) is 15.0. The Bertz CT molecular complexity index is 890. The molecule has 0 bridgehead atoms. The number of hydrogen-bond donors (Lipinski definition) is 2. The molecule has 9 nitrogen and oxygen atoms in total. The van der Waals surface area contributed by atoms with E-state index in [1.54, 1.807) is 12.1 Å². The number of rotatable bonds is 7. The van der Waals surface area contributed by atoms with Crippen molar-refractivity contribution in [2.75, 3.05) is 27.9 Å². The Labute approximate surface area is 188 Å². The van der Waals surface area contributed by atoms with E-state index in [2.05, 4.69) is 31.4 Å². The molecular weight excluding hydrogens is 414 g/mol. The number of imide groups is 1. The Morgan fingerprint density at radius 2 is 1.75 bits per heavy atom. The number of benzene rings is 1. The monoisotopic (exact) mass is 447 g/mol. The average molecular weight is 448 g/mol. The van der Waals surface area contributed by atoms with E-state index in [4.69, 9.17) is 14.2 Å². The van der Waals surface area contributed by atoms with Gasteiger partial charge in [0.05, 0.1) is 21.3 Å². The highest BCUT2D eigenvalue weighted by Crippen LogP contribution is 2.46. The fraction of sp³-hybridized carbons (Fsp3) is 0.609. The summed E-state index contributed by atoms with van der Waals surface area (Å²) < 4.78 is 16.0. The van der Waals surface area contributed by atoms with Gasteiger partial charge in [0.15, 0.2) is 11.5 Å². The molecule has 2 atom stereocenters. The normalized spacial score (nSPS) is 24.3. The summed E-state index contributed by atoms with van der Waals surface area (Å²) in [5, 5.41) is 5.65. The molecule has 1 heterocycles. The van der Waals surface area contributed by atoms with Gasteiger partial charge in [-0.15, -0.1) is 0 Å². The van der Waals surface area contributed by atoms with Crippen molar-refractivity contribution in [2.45, 2.75) is 52.1 Å². The zero-order chi connectivity index (χ0) is 23.7. The highest BCUT2D eigenvalue weighted by atomic mass is 16.5. The van der Waals surface area contributed by atoms with E-state index >= 15 is 0 Å². The second-order valence-electron chi connectivity index (χ2n) is 9.57. The van der Waals surface area contributed by atoms with Crippen LogP contribution in [-0.2, 0) is 16.1 Å². The molecule has 176 valence electrons. The van der Waals surface area contributed by atoms with Gasteiger partial charge < -0.3 is 24.8 Å². The van der Waals surface area contributed by atoms with Crippen LogP contribution in [-0.4, -0.2) is 56.2 Å². The van der Waals surface area contributed by atoms with Crippen molar-refractivity contribution >= 4 is 17.8 Å². The molecule has 9 heteroatoms.